The van der Waals surface area contributed by atoms with Gasteiger partial charge in [-0.05, 0) is 40.6 Å². The fourth-order valence-corrected chi connectivity index (χ4v) is 2.18. The Morgan fingerprint density at radius 1 is 1.65 bits per heavy atom. The molecule has 2 heterocycles. The second kappa shape index (κ2) is 5.51. The van der Waals surface area contributed by atoms with Crippen LogP contribution in [0.1, 0.15) is 12.2 Å². The summed E-state index contributed by atoms with van der Waals surface area (Å²) in [6, 6.07) is 3.57. The highest BCUT2D eigenvalue weighted by Gasteiger charge is 2.24. The maximum Gasteiger partial charge on any atom is 0.246 e. The van der Waals surface area contributed by atoms with E-state index in [-0.39, 0.29) is 18.4 Å². The number of likely N-dealkylation sites (tertiary alicyclic amines) is 1. The molecule has 0 radical (unpaired) electrons. The second-order valence-corrected chi connectivity index (χ2v) is 4.88. The van der Waals surface area contributed by atoms with Crippen LogP contribution < -0.4 is 0 Å². The van der Waals surface area contributed by atoms with E-state index in [1.54, 1.807) is 23.1 Å². The SMILES string of the molecule is O=C(C=Cc1ccc(Br)o1)N1CCC(CO)C1. The quantitative estimate of drug-likeness (QED) is 0.867. The molecule has 1 atom stereocenters. The summed E-state index contributed by atoms with van der Waals surface area (Å²) in [5.41, 5.74) is 0. The molecule has 92 valence electrons. The first-order valence-electron chi connectivity index (χ1n) is 5.52. The number of hydrogen-bond donors (Lipinski definition) is 1. The highest BCUT2D eigenvalue weighted by Crippen LogP contribution is 2.17. The maximum absolute atomic E-state index is 11.8. The first kappa shape index (κ1) is 12.4. The van der Waals surface area contributed by atoms with Crippen molar-refractivity contribution in [2.24, 2.45) is 5.92 Å². The van der Waals surface area contributed by atoms with Crippen molar-refractivity contribution in [3.05, 3.63) is 28.6 Å². The van der Waals surface area contributed by atoms with Crippen LogP contribution in [-0.2, 0) is 4.79 Å². The van der Waals surface area contributed by atoms with Gasteiger partial charge in [-0.15, -0.1) is 0 Å². The minimum Gasteiger partial charge on any atom is -0.450 e. The van der Waals surface area contributed by atoms with E-state index in [1.807, 2.05) is 0 Å². The van der Waals surface area contributed by atoms with Crippen LogP contribution in [0.5, 0.6) is 0 Å². The van der Waals surface area contributed by atoms with Crippen LogP contribution in [0, 0.1) is 5.92 Å². The zero-order valence-electron chi connectivity index (χ0n) is 9.30. The lowest BCUT2D eigenvalue weighted by atomic mass is 10.1. The van der Waals surface area contributed by atoms with Gasteiger partial charge < -0.3 is 14.4 Å². The van der Waals surface area contributed by atoms with Crippen LogP contribution >= 0.6 is 15.9 Å². The standard InChI is InChI=1S/C12H14BrNO3/c13-11-3-1-10(17-11)2-4-12(16)14-6-5-9(7-14)8-15/h1-4,9,15H,5-8H2. The number of carbonyl (C=O) groups excluding carboxylic acids is 1. The molecule has 1 unspecified atom stereocenters. The molecule has 0 aliphatic carbocycles. The van der Waals surface area contributed by atoms with Crippen molar-refractivity contribution < 1.29 is 14.3 Å². The van der Waals surface area contributed by atoms with Crippen molar-refractivity contribution in [2.75, 3.05) is 19.7 Å². The summed E-state index contributed by atoms with van der Waals surface area (Å²) in [5.74, 6) is 0.835. The molecule has 1 N–H and O–H groups in total. The molecule has 0 aromatic carbocycles. The Bertz CT molecular complexity index is 427. The fourth-order valence-electron chi connectivity index (χ4n) is 1.86. The predicted octanol–water partition coefficient (Wildman–Crippen LogP) is 1.90. The van der Waals surface area contributed by atoms with Crippen molar-refractivity contribution in [2.45, 2.75) is 6.42 Å². The van der Waals surface area contributed by atoms with Gasteiger partial charge >= 0.3 is 0 Å². The largest absolute Gasteiger partial charge is 0.450 e. The highest BCUT2D eigenvalue weighted by atomic mass is 79.9. The number of furan rings is 1. The molecule has 1 aliphatic heterocycles. The minimum absolute atomic E-state index is 0.0338. The van der Waals surface area contributed by atoms with Gasteiger partial charge in [0.25, 0.3) is 0 Å². The van der Waals surface area contributed by atoms with Gasteiger partial charge in [0, 0.05) is 31.7 Å². The third-order valence-corrected chi connectivity index (χ3v) is 3.27. The first-order chi connectivity index (χ1) is 8.19. The second-order valence-electron chi connectivity index (χ2n) is 4.10. The maximum atomic E-state index is 11.8. The molecule has 5 heteroatoms. The summed E-state index contributed by atoms with van der Waals surface area (Å²) >= 11 is 3.20. The molecule has 1 fully saturated rings. The molecule has 0 saturated carbocycles. The van der Waals surface area contributed by atoms with E-state index in [2.05, 4.69) is 15.9 Å². The number of rotatable bonds is 3. The van der Waals surface area contributed by atoms with Crippen LogP contribution in [0.15, 0.2) is 27.3 Å². The van der Waals surface area contributed by atoms with Crippen molar-refractivity contribution in [3.8, 4) is 0 Å². The number of aliphatic hydroxyl groups is 1. The number of carbonyl (C=O) groups is 1. The summed E-state index contributed by atoms with van der Waals surface area (Å²) in [5, 5.41) is 9.00. The molecule has 1 aromatic heterocycles. The Morgan fingerprint density at radius 3 is 3.06 bits per heavy atom. The summed E-state index contributed by atoms with van der Waals surface area (Å²) in [6.07, 6.45) is 4.03. The molecule has 2 rings (SSSR count). The molecular formula is C12H14BrNO3. The summed E-state index contributed by atoms with van der Waals surface area (Å²) in [6.45, 7) is 1.51. The van der Waals surface area contributed by atoms with E-state index in [4.69, 9.17) is 9.52 Å². The average molecular weight is 300 g/mol. The highest BCUT2D eigenvalue weighted by molar-refractivity contribution is 9.10. The van der Waals surface area contributed by atoms with Crippen LogP contribution in [0.4, 0.5) is 0 Å². The van der Waals surface area contributed by atoms with Crippen molar-refractivity contribution in [1.29, 1.82) is 0 Å². The Labute approximate surface area is 108 Å². The van der Waals surface area contributed by atoms with Crippen molar-refractivity contribution >= 4 is 27.9 Å². The van der Waals surface area contributed by atoms with Gasteiger partial charge in [-0.2, -0.15) is 0 Å². The Hall–Kier alpha value is -1.07. The number of halogens is 1. The molecule has 1 aliphatic rings. The molecule has 4 nitrogen and oxygen atoms in total. The molecule has 1 saturated heterocycles. The third-order valence-electron chi connectivity index (χ3n) is 2.84. The summed E-state index contributed by atoms with van der Waals surface area (Å²) in [7, 11) is 0. The van der Waals surface area contributed by atoms with Crippen LogP contribution in [0.2, 0.25) is 0 Å². The lowest BCUT2D eigenvalue weighted by Crippen LogP contribution is -2.27. The smallest absolute Gasteiger partial charge is 0.246 e. The van der Waals surface area contributed by atoms with E-state index in [1.165, 1.54) is 6.08 Å². The van der Waals surface area contributed by atoms with E-state index < -0.39 is 0 Å². The van der Waals surface area contributed by atoms with Crippen molar-refractivity contribution in [1.82, 2.24) is 4.90 Å². The topological polar surface area (TPSA) is 53.7 Å². The van der Waals surface area contributed by atoms with Crippen LogP contribution in [0.3, 0.4) is 0 Å². The predicted molar refractivity (Wildman–Crippen MR) is 67.2 cm³/mol. The lowest BCUT2D eigenvalue weighted by molar-refractivity contribution is -0.125. The van der Waals surface area contributed by atoms with Gasteiger partial charge in [0.05, 0.1) is 0 Å². The Balaban J connectivity index is 1.91. The number of aliphatic hydroxyl groups excluding tert-OH is 1. The summed E-state index contributed by atoms with van der Waals surface area (Å²) < 4.78 is 5.90. The van der Waals surface area contributed by atoms with Crippen molar-refractivity contribution in [3.63, 3.8) is 0 Å². The van der Waals surface area contributed by atoms with Gasteiger partial charge in [0.15, 0.2) is 4.67 Å². The first-order valence-corrected chi connectivity index (χ1v) is 6.31. The lowest BCUT2D eigenvalue weighted by Gasteiger charge is -2.13. The molecular weight excluding hydrogens is 286 g/mol. The molecule has 1 amide bonds. The van der Waals surface area contributed by atoms with E-state index in [0.717, 1.165) is 13.0 Å². The minimum atomic E-state index is -0.0338. The third kappa shape index (κ3) is 3.20. The van der Waals surface area contributed by atoms with Crippen LogP contribution in [0.25, 0.3) is 6.08 Å². The average Bonchev–Trinajstić information content (AvgIpc) is 2.94. The number of amides is 1. The fraction of sp³-hybridized carbons (Fsp3) is 0.417. The van der Waals surface area contributed by atoms with Gasteiger partial charge in [0.1, 0.15) is 5.76 Å². The summed E-state index contributed by atoms with van der Waals surface area (Å²) in [4.78, 5) is 13.5. The molecule has 17 heavy (non-hydrogen) atoms. The number of nitrogens with zero attached hydrogens (tertiary/aromatic N) is 1. The Morgan fingerprint density at radius 2 is 2.47 bits per heavy atom. The Kier molecular flexibility index (Phi) is 4.02. The van der Waals surface area contributed by atoms with E-state index in [0.29, 0.717) is 17.0 Å². The monoisotopic (exact) mass is 299 g/mol. The zero-order chi connectivity index (χ0) is 12.3. The van der Waals surface area contributed by atoms with E-state index in [9.17, 15) is 4.79 Å². The van der Waals surface area contributed by atoms with Crippen LogP contribution in [-0.4, -0.2) is 35.6 Å². The zero-order valence-corrected chi connectivity index (χ0v) is 10.9. The van der Waals surface area contributed by atoms with Gasteiger partial charge in [-0.1, -0.05) is 0 Å². The molecule has 1 aromatic rings. The molecule has 0 bridgehead atoms. The van der Waals surface area contributed by atoms with E-state index >= 15 is 0 Å². The van der Waals surface area contributed by atoms with Gasteiger partial charge in [0.2, 0.25) is 5.91 Å². The van der Waals surface area contributed by atoms with Gasteiger partial charge in [-0.25, -0.2) is 0 Å². The normalized spacial score (nSPS) is 20.4. The van der Waals surface area contributed by atoms with Gasteiger partial charge in [-0.3, -0.25) is 4.79 Å². The number of hydrogen-bond acceptors (Lipinski definition) is 3. The molecule has 0 spiro atoms.